The van der Waals surface area contributed by atoms with Gasteiger partial charge in [-0.1, -0.05) is 78.9 Å². The van der Waals surface area contributed by atoms with Gasteiger partial charge in [-0.15, -0.1) is 0 Å². The summed E-state index contributed by atoms with van der Waals surface area (Å²) in [4.78, 5) is 28.7. The summed E-state index contributed by atoms with van der Waals surface area (Å²) in [7, 11) is 0. The molecule has 3 aromatic carbocycles. The average molecular weight is 465 g/mol. The lowest BCUT2D eigenvalue weighted by molar-refractivity contribution is -0.139. The first-order valence-corrected chi connectivity index (χ1v) is 11.4. The zero-order valence-electron chi connectivity index (χ0n) is 18.9. The van der Waals surface area contributed by atoms with Gasteiger partial charge in [0, 0.05) is 30.3 Å². The first kappa shape index (κ1) is 22.3. The molecule has 0 saturated heterocycles. The van der Waals surface area contributed by atoms with Crippen LogP contribution >= 0.6 is 0 Å². The molecule has 1 heterocycles. The summed E-state index contributed by atoms with van der Waals surface area (Å²) in [5.74, 6) is -1.23. The number of carboxylic acid groups (broad SMARTS) is 1. The second kappa shape index (κ2) is 9.81. The Morgan fingerprint density at radius 2 is 1.49 bits per heavy atom. The lowest BCUT2D eigenvalue weighted by Crippen LogP contribution is -2.42. The number of carbonyl (C=O) groups is 2. The second-order valence-corrected chi connectivity index (χ2v) is 8.51. The monoisotopic (exact) mass is 464 g/mol. The number of aromatic nitrogens is 1. The van der Waals surface area contributed by atoms with Crippen LogP contribution in [0.4, 0.5) is 4.79 Å². The molecule has 0 spiro atoms. The maximum absolute atomic E-state index is 12.6. The van der Waals surface area contributed by atoms with Gasteiger partial charge in [-0.25, -0.2) is 9.59 Å². The maximum Gasteiger partial charge on any atom is 0.407 e. The number of ether oxygens (including phenoxy) is 1. The van der Waals surface area contributed by atoms with E-state index in [1.807, 2.05) is 72.8 Å². The number of pyridine rings is 1. The van der Waals surface area contributed by atoms with Crippen LogP contribution in [0, 0.1) is 0 Å². The first-order valence-electron chi connectivity index (χ1n) is 11.4. The summed E-state index contributed by atoms with van der Waals surface area (Å²) in [6, 6.07) is 26.6. The van der Waals surface area contributed by atoms with E-state index in [4.69, 9.17) is 4.74 Å². The lowest BCUT2D eigenvalue weighted by Gasteiger charge is -2.17. The number of rotatable bonds is 7. The van der Waals surface area contributed by atoms with E-state index < -0.39 is 18.1 Å². The van der Waals surface area contributed by atoms with Crippen LogP contribution in [-0.2, 0) is 16.0 Å². The van der Waals surface area contributed by atoms with Gasteiger partial charge in [-0.2, -0.15) is 0 Å². The van der Waals surface area contributed by atoms with Crippen LogP contribution in [0.3, 0.4) is 0 Å². The first-order chi connectivity index (χ1) is 17.1. The molecule has 0 fully saturated rings. The van der Waals surface area contributed by atoms with Gasteiger partial charge in [0.1, 0.15) is 12.6 Å². The van der Waals surface area contributed by atoms with E-state index in [1.165, 1.54) is 0 Å². The van der Waals surface area contributed by atoms with Crippen molar-refractivity contribution in [2.75, 3.05) is 6.61 Å². The van der Waals surface area contributed by atoms with Crippen molar-refractivity contribution in [1.82, 2.24) is 10.3 Å². The summed E-state index contributed by atoms with van der Waals surface area (Å²) in [6.07, 6.45) is 2.68. The van der Waals surface area contributed by atoms with Gasteiger partial charge in [0.05, 0.1) is 0 Å². The Morgan fingerprint density at radius 3 is 2.14 bits per heavy atom. The SMILES string of the molecule is O=C(N[C@@H](Cc1cncc(-c2ccccc2)c1)C(=O)O)OCC1c2ccccc2-c2ccccc21. The maximum atomic E-state index is 12.6. The molecule has 0 radical (unpaired) electrons. The Hall–Kier alpha value is -4.45. The fraction of sp³-hybridized carbons (Fsp3) is 0.138. The minimum absolute atomic E-state index is 0.0905. The predicted octanol–water partition coefficient (Wildman–Crippen LogP) is 5.28. The average Bonchev–Trinajstić information content (AvgIpc) is 3.21. The fourth-order valence-electron chi connectivity index (χ4n) is 4.61. The van der Waals surface area contributed by atoms with Crippen molar-refractivity contribution >= 4 is 12.1 Å². The summed E-state index contributed by atoms with van der Waals surface area (Å²) in [5, 5.41) is 12.2. The molecule has 1 atom stereocenters. The number of hydrogen-bond acceptors (Lipinski definition) is 4. The van der Waals surface area contributed by atoms with Crippen molar-refractivity contribution in [3.63, 3.8) is 0 Å². The fourth-order valence-corrected chi connectivity index (χ4v) is 4.61. The van der Waals surface area contributed by atoms with E-state index in [0.29, 0.717) is 5.56 Å². The molecular weight excluding hydrogens is 440 g/mol. The Kier molecular flexibility index (Phi) is 6.26. The van der Waals surface area contributed by atoms with Gasteiger partial charge in [0.2, 0.25) is 0 Å². The van der Waals surface area contributed by atoms with Gasteiger partial charge in [0.25, 0.3) is 0 Å². The number of nitrogens with zero attached hydrogens (tertiary/aromatic N) is 1. The highest BCUT2D eigenvalue weighted by molar-refractivity contribution is 5.81. The van der Waals surface area contributed by atoms with Crippen LogP contribution in [0.15, 0.2) is 97.3 Å². The molecule has 6 heteroatoms. The number of aliphatic carboxylic acids is 1. The highest BCUT2D eigenvalue weighted by Gasteiger charge is 2.29. The van der Waals surface area contributed by atoms with E-state index in [9.17, 15) is 14.7 Å². The Bertz CT molecular complexity index is 1320. The quantitative estimate of drug-likeness (QED) is 0.388. The molecule has 4 aromatic rings. The summed E-state index contributed by atoms with van der Waals surface area (Å²) in [6.45, 7) is 0.122. The number of amides is 1. The van der Waals surface area contributed by atoms with Gasteiger partial charge in [-0.05, 0) is 39.4 Å². The molecule has 2 N–H and O–H groups in total. The summed E-state index contributed by atoms with van der Waals surface area (Å²) >= 11 is 0. The van der Waals surface area contributed by atoms with Crippen molar-refractivity contribution in [2.24, 2.45) is 0 Å². The predicted molar refractivity (Wildman–Crippen MR) is 133 cm³/mol. The molecule has 5 rings (SSSR count). The van der Waals surface area contributed by atoms with E-state index in [1.54, 1.807) is 12.4 Å². The molecule has 1 aromatic heterocycles. The number of hydrogen-bond donors (Lipinski definition) is 2. The third-order valence-corrected chi connectivity index (χ3v) is 6.28. The highest BCUT2D eigenvalue weighted by Crippen LogP contribution is 2.44. The van der Waals surface area contributed by atoms with Crippen molar-refractivity contribution in [3.8, 4) is 22.3 Å². The molecular formula is C29H24N2O4. The minimum atomic E-state index is -1.14. The van der Waals surface area contributed by atoms with Crippen molar-refractivity contribution in [2.45, 2.75) is 18.4 Å². The standard InChI is InChI=1S/C29H24N2O4/c32-28(33)27(15-19-14-21(17-30-16-19)20-8-2-1-3-9-20)31-29(34)35-18-26-24-12-6-4-10-22(24)23-11-5-7-13-25(23)26/h1-14,16-17,26-27H,15,18H2,(H,31,34)(H,32,33)/t27-/m0/s1. The van der Waals surface area contributed by atoms with Gasteiger partial charge >= 0.3 is 12.1 Å². The second-order valence-electron chi connectivity index (χ2n) is 8.51. The molecule has 0 unspecified atom stereocenters. The van der Waals surface area contributed by atoms with Crippen LogP contribution in [-0.4, -0.2) is 34.8 Å². The number of nitrogens with one attached hydrogen (secondary N) is 1. The van der Waals surface area contributed by atoms with Crippen LogP contribution in [0.25, 0.3) is 22.3 Å². The van der Waals surface area contributed by atoms with Gasteiger partial charge in [-0.3, -0.25) is 4.98 Å². The molecule has 6 nitrogen and oxygen atoms in total. The smallest absolute Gasteiger partial charge is 0.407 e. The molecule has 1 aliphatic rings. The van der Waals surface area contributed by atoms with Gasteiger partial charge in [0.15, 0.2) is 0 Å². The largest absolute Gasteiger partial charge is 0.480 e. The van der Waals surface area contributed by atoms with Crippen LogP contribution in [0.2, 0.25) is 0 Å². The van der Waals surface area contributed by atoms with Crippen LogP contribution in [0.5, 0.6) is 0 Å². The third kappa shape index (κ3) is 4.77. The highest BCUT2D eigenvalue weighted by atomic mass is 16.5. The van der Waals surface area contributed by atoms with Crippen LogP contribution in [0.1, 0.15) is 22.6 Å². The van der Waals surface area contributed by atoms with Crippen molar-refractivity contribution < 1.29 is 19.4 Å². The third-order valence-electron chi connectivity index (χ3n) is 6.28. The van der Waals surface area contributed by atoms with E-state index >= 15 is 0 Å². The Labute approximate surface area is 203 Å². The number of alkyl carbamates (subject to hydrolysis) is 1. The molecule has 35 heavy (non-hydrogen) atoms. The lowest BCUT2D eigenvalue weighted by atomic mass is 9.98. The number of carboxylic acids is 1. The summed E-state index contributed by atoms with van der Waals surface area (Å²) in [5.41, 5.74) is 7.03. The molecule has 0 bridgehead atoms. The topological polar surface area (TPSA) is 88.5 Å². The van der Waals surface area contributed by atoms with E-state index in [2.05, 4.69) is 22.4 Å². The normalized spacial score (nSPS) is 12.9. The zero-order chi connectivity index (χ0) is 24.2. The molecule has 1 amide bonds. The molecule has 0 saturated carbocycles. The zero-order valence-corrected chi connectivity index (χ0v) is 18.9. The molecule has 0 aliphatic heterocycles. The molecule has 174 valence electrons. The number of benzene rings is 3. The van der Waals surface area contributed by atoms with Crippen molar-refractivity contribution in [3.05, 3.63) is 114 Å². The molecule has 1 aliphatic carbocycles. The van der Waals surface area contributed by atoms with E-state index in [0.717, 1.165) is 33.4 Å². The number of carbonyl (C=O) groups excluding carboxylic acids is 1. The minimum Gasteiger partial charge on any atom is -0.480 e. The van der Waals surface area contributed by atoms with E-state index in [-0.39, 0.29) is 18.9 Å². The van der Waals surface area contributed by atoms with Crippen LogP contribution < -0.4 is 5.32 Å². The van der Waals surface area contributed by atoms with Gasteiger partial charge < -0.3 is 15.2 Å². The summed E-state index contributed by atoms with van der Waals surface area (Å²) < 4.78 is 5.52. The van der Waals surface area contributed by atoms with Crippen molar-refractivity contribution in [1.29, 1.82) is 0 Å². The Morgan fingerprint density at radius 1 is 0.857 bits per heavy atom. The number of fused-ring (bicyclic) bond motifs is 3. The Balaban J connectivity index is 1.26.